The van der Waals surface area contributed by atoms with E-state index >= 15 is 0 Å². The number of nitrogens with zero attached hydrogens (tertiary/aromatic N) is 1. The molecule has 27 heavy (non-hydrogen) atoms. The Morgan fingerprint density at radius 2 is 1.67 bits per heavy atom. The molecule has 136 valence electrons. The van der Waals surface area contributed by atoms with Crippen molar-refractivity contribution < 1.29 is 9.53 Å². The van der Waals surface area contributed by atoms with E-state index < -0.39 is 5.91 Å². The molecular formula is C23H22N2O2. The summed E-state index contributed by atoms with van der Waals surface area (Å²) in [6.07, 6.45) is 1.01. The maximum absolute atomic E-state index is 11.2. The van der Waals surface area contributed by atoms with E-state index in [-0.39, 0.29) is 0 Å². The number of carbonyl (C=O) groups excluding carboxylic acids is 1. The Kier molecular flexibility index (Phi) is 4.90. The van der Waals surface area contributed by atoms with Gasteiger partial charge in [-0.2, -0.15) is 0 Å². The molecule has 4 rings (SSSR count). The molecule has 0 atom stereocenters. The van der Waals surface area contributed by atoms with Crippen LogP contribution in [0.1, 0.15) is 27.0 Å². The van der Waals surface area contributed by atoms with Crippen LogP contribution < -0.4 is 10.5 Å². The molecule has 1 aliphatic rings. The zero-order valence-corrected chi connectivity index (χ0v) is 15.1. The summed E-state index contributed by atoms with van der Waals surface area (Å²) < 4.78 is 5.94. The molecule has 4 nitrogen and oxygen atoms in total. The molecule has 0 spiro atoms. The molecule has 0 aliphatic carbocycles. The lowest BCUT2D eigenvalue weighted by Crippen LogP contribution is -2.29. The molecule has 0 aromatic heterocycles. The lowest BCUT2D eigenvalue weighted by molar-refractivity contribution is 0.100. The third-order valence-electron chi connectivity index (χ3n) is 4.89. The van der Waals surface area contributed by atoms with Crippen LogP contribution in [-0.2, 0) is 19.5 Å². The average Bonchev–Trinajstić information content (AvgIpc) is 2.69. The molecule has 0 saturated heterocycles. The number of carbonyl (C=O) groups is 1. The summed E-state index contributed by atoms with van der Waals surface area (Å²) in [6, 6.07) is 23.8. The summed E-state index contributed by atoms with van der Waals surface area (Å²) in [5.74, 6) is 1.08. The fraction of sp³-hybridized carbons (Fsp3) is 0.174. The molecular weight excluding hydrogens is 336 g/mol. The van der Waals surface area contributed by atoms with Crippen LogP contribution in [0.4, 0.5) is 0 Å². The third-order valence-corrected chi connectivity index (χ3v) is 4.89. The minimum atomic E-state index is -0.435. The molecule has 0 fully saturated rings. The van der Waals surface area contributed by atoms with Crippen molar-refractivity contribution in [3.8, 4) is 11.5 Å². The Bertz CT molecular complexity index is 936. The summed E-state index contributed by atoms with van der Waals surface area (Å²) in [5.41, 5.74) is 9.79. The second kappa shape index (κ2) is 7.64. The van der Waals surface area contributed by atoms with Gasteiger partial charge in [0, 0.05) is 25.2 Å². The summed E-state index contributed by atoms with van der Waals surface area (Å²) in [5, 5.41) is 0. The number of hydrogen-bond donors (Lipinski definition) is 1. The normalized spacial score (nSPS) is 13.8. The molecule has 0 radical (unpaired) electrons. The second-order valence-electron chi connectivity index (χ2n) is 6.87. The number of hydrogen-bond acceptors (Lipinski definition) is 3. The lowest BCUT2D eigenvalue weighted by atomic mass is 9.99. The number of nitrogens with two attached hydrogens (primary N) is 1. The first-order valence-electron chi connectivity index (χ1n) is 9.13. The minimum absolute atomic E-state index is 0.435. The van der Waals surface area contributed by atoms with Crippen LogP contribution in [-0.4, -0.2) is 17.4 Å². The van der Waals surface area contributed by atoms with Crippen molar-refractivity contribution in [1.29, 1.82) is 0 Å². The Labute approximate surface area is 159 Å². The number of amides is 1. The van der Waals surface area contributed by atoms with E-state index in [0.717, 1.165) is 31.8 Å². The third kappa shape index (κ3) is 4.18. The Hall–Kier alpha value is -3.11. The average molecular weight is 358 g/mol. The van der Waals surface area contributed by atoms with Gasteiger partial charge in [-0.25, -0.2) is 0 Å². The van der Waals surface area contributed by atoms with Gasteiger partial charge in [0.05, 0.1) is 0 Å². The van der Waals surface area contributed by atoms with Crippen LogP contribution in [0.15, 0.2) is 72.8 Å². The van der Waals surface area contributed by atoms with Crippen LogP contribution in [0.5, 0.6) is 11.5 Å². The van der Waals surface area contributed by atoms with Gasteiger partial charge < -0.3 is 10.5 Å². The van der Waals surface area contributed by atoms with Crippen molar-refractivity contribution in [2.45, 2.75) is 19.5 Å². The molecule has 3 aromatic rings. The van der Waals surface area contributed by atoms with Gasteiger partial charge in [0.25, 0.3) is 0 Å². The summed E-state index contributed by atoms with van der Waals surface area (Å²) >= 11 is 0. The highest BCUT2D eigenvalue weighted by atomic mass is 16.5. The highest BCUT2D eigenvalue weighted by molar-refractivity contribution is 5.92. The van der Waals surface area contributed by atoms with Crippen LogP contribution in [0, 0.1) is 0 Å². The fourth-order valence-electron chi connectivity index (χ4n) is 3.45. The first kappa shape index (κ1) is 17.3. The van der Waals surface area contributed by atoms with E-state index in [1.165, 1.54) is 16.7 Å². The van der Waals surface area contributed by atoms with Gasteiger partial charge in [0.1, 0.15) is 11.5 Å². The lowest BCUT2D eigenvalue weighted by Gasteiger charge is -2.29. The Balaban J connectivity index is 1.43. The number of ether oxygens (including phenoxy) is 1. The zero-order valence-electron chi connectivity index (χ0n) is 15.1. The summed E-state index contributed by atoms with van der Waals surface area (Å²) in [7, 11) is 0. The van der Waals surface area contributed by atoms with Gasteiger partial charge in [0.2, 0.25) is 5.91 Å². The van der Waals surface area contributed by atoms with Crippen LogP contribution in [0.25, 0.3) is 0 Å². The van der Waals surface area contributed by atoms with Gasteiger partial charge in [-0.1, -0.05) is 36.4 Å². The monoisotopic (exact) mass is 358 g/mol. The molecule has 1 heterocycles. The number of benzene rings is 3. The zero-order chi connectivity index (χ0) is 18.6. The van der Waals surface area contributed by atoms with E-state index in [4.69, 9.17) is 10.5 Å². The maximum atomic E-state index is 11.2. The van der Waals surface area contributed by atoms with Crippen LogP contribution in [0.3, 0.4) is 0 Å². The van der Waals surface area contributed by atoms with E-state index in [2.05, 4.69) is 47.4 Å². The van der Waals surface area contributed by atoms with Gasteiger partial charge in [-0.05, 0) is 59.5 Å². The van der Waals surface area contributed by atoms with E-state index in [1.54, 1.807) is 24.3 Å². The van der Waals surface area contributed by atoms with Crippen molar-refractivity contribution in [3.05, 3.63) is 95.1 Å². The smallest absolute Gasteiger partial charge is 0.248 e. The fourth-order valence-corrected chi connectivity index (χ4v) is 3.45. The first-order chi connectivity index (χ1) is 13.2. The van der Waals surface area contributed by atoms with E-state index in [9.17, 15) is 4.79 Å². The van der Waals surface area contributed by atoms with Crippen molar-refractivity contribution in [3.63, 3.8) is 0 Å². The highest BCUT2D eigenvalue weighted by Gasteiger charge is 2.17. The quantitative estimate of drug-likeness (QED) is 0.746. The van der Waals surface area contributed by atoms with Gasteiger partial charge in [-0.3, -0.25) is 9.69 Å². The Morgan fingerprint density at radius 1 is 0.926 bits per heavy atom. The van der Waals surface area contributed by atoms with E-state index in [1.807, 2.05) is 6.07 Å². The Morgan fingerprint density at radius 3 is 2.41 bits per heavy atom. The minimum Gasteiger partial charge on any atom is -0.457 e. The SMILES string of the molecule is NC(=O)c1ccc(Oc2ccc3c(c2)CCN(Cc2ccccc2)C3)cc1. The molecule has 0 unspecified atom stereocenters. The second-order valence-corrected chi connectivity index (χ2v) is 6.87. The van der Waals surface area contributed by atoms with Crippen molar-refractivity contribution in [2.24, 2.45) is 5.73 Å². The largest absolute Gasteiger partial charge is 0.457 e. The molecule has 0 saturated carbocycles. The molecule has 2 N–H and O–H groups in total. The number of rotatable bonds is 5. The highest BCUT2D eigenvalue weighted by Crippen LogP contribution is 2.28. The van der Waals surface area contributed by atoms with Crippen molar-refractivity contribution in [2.75, 3.05) is 6.54 Å². The predicted molar refractivity (Wildman–Crippen MR) is 106 cm³/mol. The first-order valence-corrected chi connectivity index (χ1v) is 9.13. The van der Waals surface area contributed by atoms with Crippen molar-refractivity contribution in [1.82, 2.24) is 4.90 Å². The van der Waals surface area contributed by atoms with Crippen molar-refractivity contribution >= 4 is 5.91 Å². The maximum Gasteiger partial charge on any atom is 0.248 e. The molecule has 4 heteroatoms. The van der Waals surface area contributed by atoms with Gasteiger partial charge in [-0.15, -0.1) is 0 Å². The van der Waals surface area contributed by atoms with Crippen LogP contribution >= 0.6 is 0 Å². The van der Waals surface area contributed by atoms with Gasteiger partial charge in [0.15, 0.2) is 0 Å². The number of primary amides is 1. The standard InChI is InChI=1S/C23H22N2O2/c24-23(26)18-6-9-21(10-7-18)27-22-11-8-20-16-25(13-12-19(20)14-22)15-17-4-2-1-3-5-17/h1-11,14H,12-13,15-16H2,(H2,24,26). The predicted octanol–water partition coefficient (Wildman–Crippen LogP) is 4.14. The van der Waals surface area contributed by atoms with E-state index in [0.29, 0.717) is 11.3 Å². The molecule has 1 aliphatic heterocycles. The summed E-state index contributed by atoms with van der Waals surface area (Å²) in [4.78, 5) is 13.6. The van der Waals surface area contributed by atoms with Gasteiger partial charge >= 0.3 is 0 Å². The molecule has 3 aromatic carbocycles. The molecule has 1 amide bonds. The van der Waals surface area contributed by atoms with Crippen LogP contribution in [0.2, 0.25) is 0 Å². The molecule has 0 bridgehead atoms. The number of fused-ring (bicyclic) bond motifs is 1. The summed E-state index contributed by atoms with van der Waals surface area (Å²) in [6.45, 7) is 2.97. The topological polar surface area (TPSA) is 55.6 Å².